The molecule has 0 fully saturated rings. The van der Waals surface area contributed by atoms with Gasteiger partial charge < -0.3 is 4.98 Å². The molecule has 2 unspecified atom stereocenters. The van der Waals surface area contributed by atoms with Gasteiger partial charge in [-0.15, -0.1) is 0 Å². The number of Topliss-reactive ketones (excluding diaryl/α,β-unsaturated/α-hetero) is 1. The first kappa shape index (κ1) is 18.7. The van der Waals surface area contributed by atoms with Crippen LogP contribution in [0.5, 0.6) is 0 Å². The van der Waals surface area contributed by atoms with Crippen molar-refractivity contribution in [1.82, 2.24) is 4.98 Å². The highest BCUT2D eigenvalue weighted by atomic mass is 35.5. The molecule has 1 heterocycles. The summed E-state index contributed by atoms with van der Waals surface area (Å²) in [6.07, 6.45) is -4.05. The molecule has 0 spiro atoms. The van der Waals surface area contributed by atoms with Gasteiger partial charge in [-0.1, -0.05) is 30.7 Å². The lowest BCUT2D eigenvalue weighted by atomic mass is 9.74. The molecule has 28 heavy (non-hydrogen) atoms. The summed E-state index contributed by atoms with van der Waals surface area (Å²) in [4.78, 5) is 28.9. The molecule has 3 nitrogen and oxygen atoms in total. The molecule has 0 saturated carbocycles. The number of carbonyl (C=O) groups is 1. The number of halogens is 4. The molecule has 2 aromatic carbocycles. The van der Waals surface area contributed by atoms with Gasteiger partial charge in [-0.3, -0.25) is 9.59 Å². The van der Waals surface area contributed by atoms with E-state index in [0.29, 0.717) is 33.6 Å². The van der Waals surface area contributed by atoms with E-state index in [-0.39, 0.29) is 22.7 Å². The highest BCUT2D eigenvalue weighted by Gasteiger charge is 2.37. The molecular weight excluding hydrogens is 391 g/mol. The summed E-state index contributed by atoms with van der Waals surface area (Å²) in [6, 6.07) is 9.69. The van der Waals surface area contributed by atoms with E-state index in [0.717, 1.165) is 12.1 Å². The van der Waals surface area contributed by atoms with Crippen LogP contribution in [0.3, 0.4) is 0 Å². The van der Waals surface area contributed by atoms with Gasteiger partial charge in [0, 0.05) is 27.5 Å². The number of alkyl halides is 3. The Balaban J connectivity index is 1.80. The van der Waals surface area contributed by atoms with Crippen LogP contribution < -0.4 is 5.43 Å². The number of H-pyrrole nitrogens is 1. The molecule has 0 bridgehead atoms. The van der Waals surface area contributed by atoms with E-state index >= 15 is 0 Å². The van der Waals surface area contributed by atoms with E-state index in [1.807, 2.05) is 0 Å². The highest BCUT2D eigenvalue weighted by Crippen LogP contribution is 2.37. The normalized spacial score (nSPS) is 19.7. The molecule has 0 saturated heterocycles. The van der Waals surface area contributed by atoms with Gasteiger partial charge in [-0.25, -0.2) is 0 Å². The fraction of sp³-hybridized carbons (Fsp3) is 0.238. The van der Waals surface area contributed by atoms with E-state index in [1.165, 1.54) is 18.2 Å². The zero-order valence-corrected chi connectivity index (χ0v) is 15.5. The molecule has 1 N–H and O–H groups in total. The van der Waals surface area contributed by atoms with Crippen LogP contribution in [-0.4, -0.2) is 10.8 Å². The number of aromatic amines is 1. The van der Waals surface area contributed by atoms with Crippen molar-refractivity contribution in [3.8, 4) is 0 Å². The SMILES string of the molecule is CC1C(=O)c2c([nH]c3ccc(Cl)cc3c2=O)CC1c1ccc(C(F)(F)F)cc1. The van der Waals surface area contributed by atoms with Crippen molar-refractivity contribution < 1.29 is 18.0 Å². The number of pyridine rings is 1. The Morgan fingerprint density at radius 2 is 1.75 bits per heavy atom. The van der Waals surface area contributed by atoms with Crippen LogP contribution >= 0.6 is 11.6 Å². The van der Waals surface area contributed by atoms with E-state index in [1.54, 1.807) is 19.1 Å². The van der Waals surface area contributed by atoms with Crippen LogP contribution in [0.2, 0.25) is 5.02 Å². The number of fused-ring (bicyclic) bond motifs is 2. The molecule has 1 aromatic heterocycles. The second kappa shape index (κ2) is 6.48. The van der Waals surface area contributed by atoms with Crippen LogP contribution in [0.15, 0.2) is 47.3 Å². The number of carbonyl (C=O) groups excluding carboxylic acids is 1. The van der Waals surface area contributed by atoms with Crippen molar-refractivity contribution in [3.63, 3.8) is 0 Å². The predicted octanol–water partition coefficient (Wildman–Crippen LogP) is 5.36. The van der Waals surface area contributed by atoms with E-state index in [2.05, 4.69) is 4.98 Å². The number of aromatic nitrogens is 1. The summed E-state index contributed by atoms with van der Waals surface area (Å²) in [5, 5.41) is 0.747. The van der Waals surface area contributed by atoms with Crippen LogP contribution in [0.25, 0.3) is 10.9 Å². The molecule has 2 atom stereocenters. The summed E-state index contributed by atoms with van der Waals surface area (Å²) in [6.45, 7) is 1.70. The number of nitrogens with one attached hydrogen (secondary N) is 1. The van der Waals surface area contributed by atoms with Gasteiger partial charge in [0.05, 0.1) is 11.1 Å². The van der Waals surface area contributed by atoms with Crippen molar-refractivity contribution >= 4 is 28.3 Å². The van der Waals surface area contributed by atoms with Crippen molar-refractivity contribution in [2.24, 2.45) is 5.92 Å². The van der Waals surface area contributed by atoms with Gasteiger partial charge in [-0.05, 0) is 48.2 Å². The second-order valence-corrected chi connectivity index (χ2v) is 7.52. The monoisotopic (exact) mass is 405 g/mol. The lowest BCUT2D eigenvalue weighted by Gasteiger charge is -2.30. The molecule has 0 aliphatic heterocycles. The first-order valence-electron chi connectivity index (χ1n) is 8.72. The Labute approximate surface area is 163 Å². The summed E-state index contributed by atoms with van der Waals surface area (Å²) < 4.78 is 38.4. The summed E-state index contributed by atoms with van der Waals surface area (Å²) in [5.74, 6) is -1.15. The minimum absolute atomic E-state index is 0.116. The molecular formula is C21H15ClF3NO2. The Bertz CT molecular complexity index is 1150. The number of benzene rings is 2. The molecule has 4 rings (SSSR count). The summed E-state index contributed by atoms with van der Waals surface area (Å²) in [7, 11) is 0. The topological polar surface area (TPSA) is 49.9 Å². The average molecular weight is 406 g/mol. The molecule has 1 aliphatic carbocycles. The Morgan fingerprint density at radius 1 is 1.07 bits per heavy atom. The molecule has 0 amide bonds. The first-order chi connectivity index (χ1) is 13.2. The molecule has 7 heteroatoms. The third-order valence-corrected chi connectivity index (χ3v) is 5.63. The predicted molar refractivity (Wildman–Crippen MR) is 101 cm³/mol. The first-order valence-corrected chi connectivity index (χ1v) is 9.10. The minimum atomic E-state index is -4.41. The van der Waals surface area contributed by atoms with Gasteiger partial charge in [0.2, 0.25) is 5.43 Å². The highest BCUT2D eigenvalue weighted by molar-refractivity contribution is 6.31. The van der Waals surface area contributed by atoms with Gasteiger partial charge in [-0.2, -0.15) is 13.2 Å². The second-order valence-electron chi connectivity index (χ2n) is 7.08. The molecule has 0 radical (unpaired) electrons. The Kier molecular flexibility index (Phi) is 4.34. The van der Waals surface area contributed by atoms with Crippen molar-refractivity contribution in [2.75, 3.05) is 0 Å². The zero-order valence-electron chi connectivity index (χ0n) is 14.7. The van der Waals surface area contributed by atoms with Crippen LogP contribution in [-0.2, 0) is 12.6 Å². The molecule has 144 valence electrons. The van der Waals surface area contributed by atoms with Crippen LogP contribution in [0.1, 0.15) is 40.0 Å². The molecule has 3 aromatic rings. The average Bonchev–Trinajstić information content (AvgIpc) is 2.64. The molecule has 1 aliphatic rings. The Hall–Kier alpha value is -2.60. The van der Waals surface area contributed by atoms with Crippen LogP contribution in [0.4, 0.5) is 13.2 Å². The lowest BCUT2D eigenvalue weighted by molar-refractivity contribution is -0.137. The number of ketones is 1. The van der Waals surface area contributed by atoms with Crippen LogP contribution in [0, 0.1) is 5.92 Å². The maximum Gasteiger partial charge on any atom is 0.416 e. The third kappa shape index (κ3) is 3.02. The van der Waals surface area contributed by atoms with Gasteiger partial charge in [0.1, 0.15) is 0 Å². The lowest BCUT2D eigenvalue weighted by Crippen LogP contribution is -2.34. The standard InChI is InChI=1S/C21H15ClF3NO2/c1-10-14(11-2-4-12(5-3-11)21(23,24)25)9-17-18(19(10)27)20(28)15-8-13(22)6-7-16(15)26-17/h2-8,10,14H,9H2,1H3,(H,26,28). The minimum Gasteiger partial charge on any atom is -0.358 e. The fourth-order valence-corrected chi connectivity index (χ4v) is 4.03. The van der Waals surface area contributed by atoms with Crippen molar-refractivity contribution in [1.29, 1.82) is 0 Å². The summed E-state index contributed by atoms with van der Waals surface area (Å²) >= 11 is 5.97. The van der Waals surface area contributed by atoms with Gasteiger partial charge in [0.25, 0.3) is 0 Å². The fourth-order valence-electron chi connectivity index (χ4n) is 3.86. The maximum atomic E-state index is 12.9. The van der Waals surface area contributed by atoms with Crippen molar-refractivity contribution in [3.05, 3.63) is 80.1 Å². The smallest absolute Gasteiger partial charge is 0.358 e. The number of hydrogen-bond donors (Lipinski definition) is 1. The number of hydrogen-bond acceptors (Lipinski definition) is 2. The zero-order chi connectivity index (χ0) is 20.2. The Morgan fingerprint density at radius 3 is 2.39 bits per heavy atom. The van der Waals surface area contributed by atoms with Gasteiger partial charge in [0.15, 0.2) is 5.78 Å². The van der Waals surface area contributed by atoms with E-state index in [4.69, 9.17) is 11.6 Å². The summed E-state index contributed by atoms with van der Waals surface area (Å²) in [5.41, 5.74) is 0.730. The maximum absolute atomic E-state index is 12.9. The third-order valence-electron chi connectivity index (χ3n) is 5.39. The van der Waals surface area contributed by atoms with E-state index in [9.17, 15) is 22.8 Å². The quantitative estimate of drug-likeness (QED) is 0.592. The number of rotatable bonds is 1. The van der Waals surface area contributed by atoms with E-state index < -0.39 is 17.7 Å². The van der Waals surface area contributed by atoms with Gasteiger partial charge >= 0.3 is 6.18 Å². The van der Waals surface area contributed by atoms with Crippen molar-refractivity contribution in [2.45, 2.75) is 25.4 Å². The largest absolute Gasteiger partial charge is 0.416 e.